The molecule has 1 rings (SSSR count). The highest BCUT2D eigenvalue weighted by atomic mass is 19.4. The maximum absolute atomic E-state index is 12.4. The van der Waals surface area contributed by atoms with Gasteiger partial charge in [-0.05, 0) is 20.8 Å². The maximum atomic E-state index is 12.4. The number of Topliss-reactive ketones (excluding diaryl/α,β-unsaturated/α-hetero) is 1. The minimum absolute atomic E-state index is 0.346. The molecular weight excluding hydrogens is 267 g/mol. The molecule has 110 valence electrons. The van der Waals surface area contributed by atoms with Gasteiger partial charge in [0.25, 0.3) is 5.78 Å². The fourth-order valence-electron chi connectivity index (χ4n) is 1.77. The van der Waals surface area contributed by atoms with Crippen molar-refractivity contribution in [2.24, 2.45) is 0 Å². The third kappa shape index (κ3) is 4.09. The van der Waals surface area contributed by atoms with Crippen LogP contribution in [0.2, 0.25) is 0 Å². The Morgan fingerprint density at radius 3 is 2.21 bits per heavy atom. The van der Waals surface area contributed by atoms with E-state index >= 15 is 0 Å². The molecule has 0 spiro atoms. The fourth-order valence-corrected chi connectivity index (χ4v) is 1.77. The summed E-state index contributed by atoms with van der Waals surface area (Å²) >= 11 is 0. The summed E-state index contributed by atoms with van der Waals surface area (Å²) in [5.74, 6) is -2.05. The summed E-state index contributed by atoms with van der Waals surface area (Å²) in [5, 5.41) is 9.36. The lowest BCUT2D eigenvalue weighted by Crippen LogP contribution is -2.47. The number of hydrogen-bond acceptors (Lipinski definition) is 4. The summed E-state index contributed by atoms with van der Waals surface area (Å²) in [4.78, 5) is 23.6. The molecule has 0 aromatic rings. The van der Waals surface area contributed by atoms with Gasteiger partial charge >= 0.3 is 12.3 Å². The SMILES string of the molecule is CC(C)(C)OC(=O)N1C[C@H](O)C[C@@H]1C(=O)C(F)(F)F. The molecule has 19 heavy (non-hydrogen) atoms. The molecule has 1 aliphatic heterocycles. The van der Waals surface area contributed by atoms with E-state index in [0.29, 0.717) is 4.90 Å². The minimum Gasteiger partial charge on any atom is -0.444 e. The van der Waals surface area contributed by atoms with Crippen molar-refractivity contribution in [1.82, 2.24) is 4.90 Å². The Hall–Kier alpha value is -1.31. The van der Waals surface area contributed by atoms with Crippen molar-refractivity contribution in [2.75, 3.05) is 6.54 Å². The quantitative estimate of drug-likeness (QED) is 0.791. The first-order chi connectivity index (χ1) is 8.42. The summed E-state index contributed by atoms with van der Waals surface area (Å²) in [6.45, 7) is 4.31. The van der Waals surface area contributed by atoms with Crippen LogP contribution in [0.15, 0.2) is 0 Å². The van der Waals surface area contributed by atoms with Crippen molar-refractivity contribution in [1.29, 1.82) is 0 Å². The first kappa shape index (κ1) is 15.7. The molecule has 1 heterocycles. The number of aliphatic hydroxyl groups is 1. The number of carbonyl (C=O) groups is 2. The number of carbonyl (C=O) groups excluding carboxylic acids is 2. The molecule has 1 amide bonds. The Bertz CT molecular complexity index is 375. The van der Waals surface area contributed by atoms with Crippen LogP contribution in [0.25, 0.3) is 0 Å². The number of alkyl halides is 3. The number of β-amino-alcohol motifs (C(OH)–C–C–N with tert-alkyl or cyclic N) is 1. The Kier molecular flexibility index (Phi) is 4.14. The van der Waals surface area contributed by atoms with E-state index in [9.17, 15) is 27.9 Å². The molecule has 0 saturated carbocycles. The van der Waals surface area contributed by atoms with Gasteiger partial charge in [0.1, 0.15) is 11.6 Å². The van der Waals surface area contributed by atoms with Gasteiger partial charge in [0.05, 0.1) is 12.6 Å². The monoisotopic (exact) mass is 283 g/mol. The number of ether oxygens (including phenoxy) is 1. The number of aliphatic hydroxyl groups excluding tert-OH is 1. The lowest BCUT2D eigenvalue weighted by atomic mass is 10.1. The Labute approximate surface area is 108 Å². The van der Waals surface area contributed by atoms with Gasteiger partial charge in [0, 0.05) is 6.42 Å². The average Bonchev–Trinajstić information content (AvgIpc) is 2.55. The van der Waals surface area contributed by atoms with E-state index in [1.807, 2.05) is 0 Å². The molecule has 8 heteroatoms. The first-order valence-corrected chi connectivity index (χ1v) is 5.70. The van der Waals surface area contributed by atoms with Gasteiger partial charge < -0.3 is 9.84 Å². The zero-order valence-electron chi connectivity index (χ0n) is 10.8. The molecule has 1 saturated heterocycles. The largest absolute Gasteiger partial charge is 0.452 e. The number of likely N-dealkylation sites (tertiary alicyclic amines) is 1. The molecule has 5 nitrogen and oxygen atoms in total. The summed E-state index contributed by atoms with van der Waals surface area (Å²) < 4.78 is 42.1. The molecule has 0 radical (unpaired) electrons. The molecule has 2 atom stereocenters. The molecule has 1 N–H and O–H groups in total. The average molecular weight is 283 g/mol. The van der Waals surface area contributed by atoms with Gasteiger partial charge in [-0.15, -0.1) is 0 Å². The maximum Gasteiger partial charge on any atom is 0.452 e. The predicted molar refractivity (Wildman–Crippen MR) is 58.4 cm³/mol. The molecular formula is C11H16F3NO4. The molecule has 0 aromatic carbocycles. The normalized spacial score (nSPS) is 24.5. The van der Waals surface area contributed by atoms with Crippen LogP contribution >= 0.6 is 0 Å². The standard InChI is InChI=1S/C11H16F3NO4/c1-10(2,3)19-9(18)15-5-6(16)4-7(15)8(17)11(12,13)14/h6-7,16H,4-5H2,1-3H3/t6-,7-/m1/s1. The van der Waals surface area contributed by atoms with Crippen LogP contribution < -0.4 is 0 Å². The van der Waals surface area contributed by atoms with Crippen molar-refractivity contribution < 1.29 is 32.6 Å². The van der Waals surface area contributed by atoms with E-state index in [2.05, 4.69) is 0 Å². The minimum atomic E-state index is -5.05. The van der Waals surface area contributed by atoms with Gasteiger partial charge in [-0.25, -0.2) is 4.79 Å². The number of nitrogens with zero attached hydrogens (tertiary/aromatic N) is 1. The van der Waals surface area contributed by atoms with Crippen molar-refractivity contribution in [3.05, 3.63) is 0 Å². The summed E-state index contributed by atoms with van der Waals surface area (Å²) in [6.07, 6.45) is -7.68. The van der Waals surface area contributed by atoms with Gasteiger partial charge in [0.15, 0.2) is 0 Å². The molecule has 0 aliphatic carbocycles. The van der Waals surface area contributed by atoms with E-state index in [-0.39, 0.29) is 6.54 Å². The van der Waals surface area contributed by atoms with Crippen LogP contribution in [-0.2, 0) is 9.53 Å². The topological polar surface area (TPSA) is 66.8 Å². The Balaban J connectivity index is 2.86. The second-order valence-electron chi connectivity index (χ2n) is 5.40. The van der Waals surface area contributed by atoms with Crippen molar-refractivity contribution >= 4 is 11.9 Å². The smallest absolute Gasteiger partial charge is 0.444 e. The van der Waals surface area contributed by atoms with Crippen molar-refractivity contribution in [2.45, 2.75) is 51.1 Å². The number of amides is 1. The zero-order chi connectivity index (χ0) is 15.0. The number of hydrogen-bond donors (Lipinski definition) is 1. The van der Waals surface area contributed by atoms with E-state index in [4.69, 9.17) is 4.74 Å². The van der Waals surface area contributed by atoms with Crippen molar-refractivity contribution in [3.63, 3.8) is 0 Å². The van der Waals surface area contributed by atoms with E-state index < -0.39 is 42.2 Å². The van der Waals surface area contributed by atoms with Crippen molar-refractivity contribution in [3.8, 4) is 0 Å². The highest BCUT2D eigenvalue weighted by Crippen LogP contribution is 2.28. The molecule has 0 bridgehead atoms. The first-order valence-electron chi connectivity index (χ1n) is 5.70. The fraction of sp³-hybridized carbons (Fsp3) is 0.818. The second-order valence-corrected chi connectivity index (χ2v) is 5.40. The summed E-state index contributed by atoms with van der Waals surface area (Å²) in [5.41, 5.74) is -0.892. The van der Waals surface area contributed by atoms with Gasteiger partial charge in [-0.3, -0.25) is 9.69 Å². The van der Waals surface area contributed by atoms with Crippen LogP contribution in [0.3, 0.4) is 0 Å². The number of halogens is 3. The zero-order valence-corrected chi connectivity index (χ0v) is 10.8. The lowest BCUT2D eigenvalue weighted by Gasteiger charge is -2.28. The Morgan fingerprint density at radius 1 is 1.26 bits per heavy atom. The third-order valence-electron chi connectivity index (χ3n) is 2.49. The molecule has 0 unspecified atom stereocenters. The highest BCUT2D eigenvalue weighted by Gasteiger charge is 2.50. The van der Waals surface area contributed by atoms with Crippen LogP contribution in [0.5, 0.6) is 0 Å². The molecule has 0 aromatic heterocycles. The van der Waals surface area contributed by atoms with E-state index in [0.717, 1.165) is 0 Å². The highest BCUT2D eigenvalue weighted by molar-refractivity contribution is 5.92. The predicted octanol–water partition coefficient (Wildman–Crippen LogP) is 1.49. The second kappa shape index (κ2) is 4.99. The van der Waals surface area contributed by atoms with E-state index in [1.165, 1.54) is 0 Å². The van der Waals surface area contributed by atoms with Crippen LogP contribution in [-0.4, -0.2) is 52.4 Å². The van der Waals surface area contributed by atoms with E-state index in [1.54, 1.807) is 20.8 Å². The van der Waals surface area contributed by atoms with Crippen LogP contribution in [0.4, 0.5) is 18.0 Å². The molecule has 1 fully saturated rings. The van der Waals surface area contributed by atoms with Crippen LogP contribution in [0, 0.1) is 0 Å². The lowest BCUT2D eigenvalue weighted by molar-refractivity contribution is -0.175. The van der Waals surface area contributed by atoms with Crippen LogP contribution in [0.1, 0.15) is 27.2 Å². The van der Waals surface area contributed by atoms with Gasteiger partial charge in [-0.1, -0.05) is 0 Å². The molecule has 1 aliphatic rings. The summed E-state index contributed by atoms with van der Waals surface area (Å²) in [7, 11) is 0. The number of rotatable bonds is 1. The van der Waals surface area contributed by atoms with Gasteiger partial charge in [0.2, 0.25) is 0 Å². The summed E-state index contributed by atoms with van der Waals surface area (Å²) in [6, 6.07) is -1.72. The van der Waals surface area contributed by atoms with Gasteiger partial charge in [-0.2, -0.15) is 13.2 Å². The Morgan fingerprint density at radius 2 is 1.79 bits per heavy atom. The number of ketones is 1. The third-order valence-corrected chi connectivity index (χ3v) is 2.49.